The Morgan fingerprint density at radius 2 is 1.52 bits per heavy atom. The zero-order chi connectivity index (χ0) is 21.6. The number of carbonyl (C=O) groups is 2. The van der Waals surface area contributed by atoms with Crippen molar-refractivity contribution in [3.8, 4) is 0 Å². The zero-order valence-electron chi connectivity index (χ0n) is 18.9. The normalized spacial score (nSPS) is 25.3. The molecule has 3 N–H and O–H groups in total. The van der Waals surface area contributed by atoms with Gasteiger partial charge in [-0.1, -0.05) is 57.1 Å². The molecule has 0 aromatic heterocycles. The first-order valence-electron chi connectivity index (χ1n) is 12.6. The molecule has 3 saturated carbocycles. The third kappa shape index (κ3) is 5.68. The van der Waals surface area contributed by atoms with Crippen molar-refractivity contribution >= 4 is 17.5 Å². The summed E-state index contributed by atoms with van der Waals surface area (Å²) in [4.78, 5) is 28.2. The molecule has 1 aromatic carbocycles. The second-order valence-electron chi connectivity index (χ2n) is 9.99. The Balaban J connectivity index is 1.49. The highest BCUT2D eigenvalue weighted by molar-refractivity contribution is 5.92. The van der Waals surface area contributed by atoms with Gasteiger partial charge in [-0.15, -0.1) is 0 Å². The fraction of sp³-hybridized carbons (Fsp3) is 0.692. The lowest BCUT2D eigenvalue weighted by atomic mass is 9.85. The Labute approximate surface area is 187 Å². The van der Waals surface area contributed by atoms with Crippen molar-refractivity contribution in [3.63, 3.8) is 0 Å². The van der Waals surface area contributed by atoms with Crippen molar-refractivity contribution in [1.29, 1.82) is 0 Å². The minimum Gasteiger partial charge on any atom is -0.334 e. The molecule has 2 atom stereocenters. The third-order valence-corrected chi connectivity index (χ3v) is 7.69. The number of hydrogen-bond donors (Lipinski definition) is 2. The molecule has 3 fully saturated rings. The van der Waals surface area contributed by atoms with Gasteiger partial charge < -0.3 is 16.0 Å². The summed E-state index contributed by atoms with van der Waals surface area (Å²) in [6, 6.07) is 8.24. The zero-order valence-corrected chi connectivity index (χ0v) is 18.9. The topological polar surface area (TPSA) is 75.4 Å². The van der Waals surface area contributed by atoms with Crippen LogP contribution in [0.1, 0.15) is 89.0 Å². The molecule has 1 aromatic rings. The molecule has 0 saturated heterocycles. The Morgan fingerprint density at radius 3 is 2.26 bits per heavy atom. The molecule has 4 rings (SSSR count). The first-order chi connectivity index (χ1) is 15.1. The van der Waals surface area contributed by atoms with Crippen molar-refractivity contribution in [3.05, 3.63) is 29.8 Å². The number of nitrogens with two attached hydrogens (primary N) is 1. The quantitative estimate of drug-likeness (QED) is 0.674. The summed E-state index contributed by atoms with van der Waals surface area (Å²) in [7, 11) is 0. The van der Waals surface area contributed by atoms with Crippen LogP contribution in [-0.2, 0) is 16.1 Å². The van der Waals surface area contributed by atoms with Gasteiger partial charge in [-0.25, -0.2) is 0 Å². The molecular formula is C26H39N3O2. The van der Waals surface area contributed by atoms with Crippen molar-refractivity contribution in [2.24, 2.45) is 17.6 Å². The summed E-state index contributed by atoms with van der Waals surface area (Å²) < 4.78 is 0. The highest BCUT2D eigenvalue weighted by Crippen LogP contribution is 2.31. The summed E-state index contributed by atoms with van der Waals surface area (Å²) in [5.41, 5.74) is 8.43. The largest absolute Gasteiger partial charge is 0.334 e. The lowest BCUT2D eigenvalue weighted by molar-refractivity contribution is -0.141. The van der Waals surface area contributed by atoms with Crippen LogP contribution in [0, 0.1) is 11.8 Å². The van der Waals surface area contributed by atoms with E-state index in [9.17, 15) is 9.59 Å². The van der Waals surface area contributed by atoms with Gasteiger partial charge in [0.05, 0.1) is 0 Å². The van der Waals surface area contributed by atoms with Crippen LogP contribution in [0.15, 0.2) is 24.3 Å². The molecule has 3 aliphatic rings. The van der Waals surface area contributed by atoms with E-state index in [4.69, 9.17) is 5.73 Å². The lowest BCUT2D eigenvalue weighted by Crippen LogP contribution is -2.53. The molecule has 0 spiro atoms. The molecule has 31 heavy (non-hydrogen) atoms. The van der Waals surface area contributed by atoms with E-state index in [0.717, 1.165) is 88.3 Å². The smallest absolute Gasteiger partial charge is 0.227 e. The van der Waals surface area contributed by atoms with E-state index < -0.39 is 0 Å². The highest BCUT2D eigenvalue weighted by atomic mass is 16.2. The number of hydrogen-bond acceptors (Lipinski definition) is 3. The maximum atomic E-state index is 13.6. The molecule has 0 heterocycles. The Morgan fingerprint density at radius 1 is 0.871 bits per heavy atom. The second kappa shape index (κ2) is 10.6. The number of benzene rings is 1. The Hall–Kier alpha value is -1.88. The van der Waals surface area contributed by atoms with E-state index in [-0.39, 0.29) is 29.8 Å². The summed E-state index contributed by atoms with van der Waals surface area (Å²) >= 11 is 0. The van der Waals surface area contributed by atoms with Gasteiger partial charge >= 0.3 is 0 Å². The van der Waals surface area contributed by atoms with Gasteiger partial charge in [-0.05, 0) is 56.2 Å². The predicted molar refractivity (Wildman–Crippen MR) is 124 cm³/mol. The van der Waals surface area contributed by atoms with Crippen LogP contribution in [0.25, 0.3) is 0 Å². The van der Waals surface area contributed by atoms with E-state index in [1.807, 2.05) is 18.2 Å². The van der Waals surface area contributed by atoms with E-state index in [0.29, 0.717) is 12.5 Å². The number of nitrogens with zero attached hydrogens (tertiary/aromatic N) is 1. The predicted octanol–water partition coefficient (Wildman–Crippen LogP) is 4.99. The highest BCUT2D eigenvalue weighted by Gasteiger charge is 2.34. The molecular weight excluding hydrogens is 386 g/mol. The second-order valence-corrected chi connectivity index (χ2v) is 9.99. The number of rotatable bonds is 6. The van der Waals surface area contributed by atoms with Crippen LogP contribution in [0.2, 0.25) is 0 Å². The van der Waals surface area contributed by atoms with Gasteiger partial charge in [-0.2, -0.15) is 0 Å². The maximum absolute atomic E-state index is 13.6. The molecule has 2 unspecified atom stereocenters. The van der Waals surface area contributed by atoms with Crippen LogP contribution < -0.4 is 11.1 Å². The fourth-order valence-corrected chi connectivity index (χ4v) is 5.85. The average molecular weight is 426 g/mol. The van der Waals surface area contributed by atoms with Crippen LogP contribution in [-0.4, -0.2) is 28.8 Å². The fourth-order valence-electron chi connectivity index (χ4n) is 5.85. The first-order valence-corrected chi connectivity index (χ1v) is 12.6. The summed E-state index contributed by atoms with van der Waals surface area (Å²) in [6.45, 7) is 0.584. The number of amides is 2. The molecule has 2 amide bonds. The molecule has 0 aliphatic heterocycles. The number of carbonyl (C=O) groups excluding carboxylic acids is 2. The van der Waals surface area contributed by atoms with E-state index in [2.05, 4.69) is 16.3 Å². The van der Waals surface area contributed by atoms with Gasteiger partial charge in [-0.3, -0.25) is 9.59 Å². The van der Waals surface area contributed by atoms with Gasteiger partial charge in [0.1, 0.15) is 0 Å². The third-order valence-electron chi connectivity index (χ3n) is 7.69. The molecule has 5 heteroatoms. The standard InChI is InChI=1S/C26H39N3O2/c27-23-15-6-7-16-24(23)29(26(31)21-12-2-1-3-13-21)18-19-9-8-14-22(17-19)28-25(30)20-10-4-5-11-20/h8-9,14,17,20-21,23-24H,1-7,10-13,15-16,18,27H2,(H,28,30). The van der Waals surface area contributed by atoms with Crippen molar-refractivity contribution in [2.45, 2.75) is 102 Å². The van der Waals surface area contributed by atoms with Crippen molar-refractivity contribution in [2.75, 3.05) is 5.32 Å². The molecule has 0 radical (unpaired) electrons. The monoisotopic (exact) mass is 425 g/mol. The Kier molecular flexibility index (Phi) is 7.65. The number of anilines is 1. The van der Waals surface area contributed by atoms with Gasteiger partial charge in [0, 0.05) is 36.2 Å². The van der Waals surface area contributed by atoms with Gasteiger partial charge in [0.25, 0.3) is 0 Å². The molecule has 3 aliphatic carbocycles. The molecule has 170 valence electrons. The van der Waals surface area contributed by atoms with Crippen molar-refractivity contribution < 1.29 is 9.59 Å². The number of nitrogens with one attached hydrogen (secondary N) is 1. The Bertz CT molecular complexity index is 753. The summed E-state index contributed by atoms with van der Waals surface area (Å²) in [5.74, 6) is 0.725. The molecule has 5 nitrogen and oxygen atoms in total. The maximum Gasteiger partial charge on any atom is 0.227 e. The summed E-state index contributed by atoms with van der Waals surface area (Å²) in [5, 5.41) is 3.11. The SMILES string of the molecule is NC1CCCCC1N(Cc1cccc(NC(=O)C2CCCC2)c1)C(=O)C1CCCCC1. The first kappa shape index (κ1) is 22.3. The molecule has 0 bridgehead atoms. The van der Waals surface area contributed by atoms with Crippen LogP contribution >= 0.6 is 0 Å². The van der Waals surface area contributed by atoms with Gasteiger partial charge in [0.2, 0.25) is 11.8 Å². The van der Waals surface area contributed by atoms with E-state index in [1.54, 1.807) is 0 Å². The van der Waals surface area contributed by atoms with E-state index in [1.165, 1.54) is 6.42 Å². The minimum absolute atomic E-state index is 0.0616. The minimum atomic E-state index is 0.0616. The summed E-state index contributed by atoms with van der Waals surface area (Å²) in [6.07, 6.45) is 14.2. The van der Waals surface area contributed by atoms with Gasteiger partial charge in [0.15, 0.2) is 0 Å². The van der Waals surface area contributed by atoms with Crippen LogP contribution in [0.3, 0.4) is 0 Å². The van der Waals surface area contributed by atoms with Crippen LogP contribution in [0.5, 0.6) is 0 Å². The lowest BCUT2D eigenvalue weighted by Gasteiger charge is -2.40. The van der Waals surface area contributed by atoms with Crippen LogP contribution in [0.4, 0.5) is 5.69 Å². The van der Waals surface area contributed by atoms with Crippen molar-refractivity contribution in [1.82, 2.24) is 4.90 Å². The average Bonchev–Trinajstić information content (AvgIpc) is 3.34. The van der Waals surface area contributed by atoms with E-state index >= 15 is 0 Å².